The zero-order valence-electron chi connectivity index (χ0n) is 8.81. The Morgan fingerprint density at radius 1 is 1.31 bits per heavy atom. The second-order valence-electron chi connectivity index (χ2n) is 4.04. The minimum Gasteiger partial charge on any atom is -0.508 e. The molecule has 1 aliphatic heterocycles. The fourth-order valence-electron chi connectivity index (χ4n) is 2.26. The van der Waals surface area contributed by atoms with Crippen LogP contribution in [-0.4, -0.2) is 11.7 Å². The van der Waals surface area contributed by atoms with Crippen LogP contribution in [0.2, 0.25) is 0 Å². The summed E-state index contributed by atoms with van der Waals surface area (Å²) in [6.07, 6.45) is 0.992. The van der Waals surface area contributed by atoms with E-state index in [0.29, 0.717) is 11.8 Å². The molecule has 0 radical (unpaired) electrons. The molecule has 16 heavy (non-hydrogen) atoms. The number of benzene rings is 1. The lowest BCUT2D eigenvalue weighted by Gasteiger charge is -2.26. The van der Waals surface area contributed by atoms with Gasteiger partial charge in [-0.25, -0.2) is 0 Å². The van der Waals surface area contributed by atoms with Crippen molar-refractivity contribution in [2.75, 3.05) is 6.54 Å². The van der Waals surface area contributed by atoms with Gasteiger partial charge in [0, 0.05) is 11.4 Å². The van der Waals surface area contributed by atoms with E-state index in [1.807, 2.05) is 12.1 Å². The van der Waals surface area contributed by atoms with Gasteiger partial charge in [-0.05, 0) is 41.1 Å². The first-order valence-corrected chi connectivity index (χ1v) is 6.31. The van der Waals surface area contributed by atoms with Gasteiger partial charge in [0.05, 0.1) is 6.04 Å². The first-order valence-electron chi connectivity index (χ1n) is 5.43. The number of aromatic hydroxyl groups is 1. The van der Waals surface area contributed by atoms with Crippen molar-refractivity contribution in [2.45, 2.75) is 12.5 Å². The number of phenolic OH excluding ortho intramolecular Hbond substituents is 1. The van der Waals surface area contributed by atoms with Gasteiger partial charge in [-0.2, -0.15) is 0 Å². The molecular weight excluding hydrogens is 218 g/mol. The van der Waals surface area contributed by atoms with Gasteiger partial charge in [-0.3, -0.25) is 0 Å². The van der Waals surface area contributed by atoms with E-state index in [1.165, 1.54) is 16.0 Å². The summed E-state index contributed by atoms with van der Waals surface area (Å²) >= 11 is 1.77. The quantitative estimate of drug-likeness (QED) is 0.791. The van der Waals surface area contributed by atoms with Crippen molar-refractivity contribution in [3.05, 3.63) is 51.7 Å². The normalized spacial score (nSPS) is 19.4. The highest BCUT2D eigenvalue weighted by Gasteiger charge is 2.21. The lowest BCUT2D eigenvalue weighted by molar-refractivity contribution is 0.471. The zero-order valence-corrected chi connectivity index (χ0v) is 9.63. The maximum Gasteiger partial charge on any atom is 0.115 e. The average molecular weight is 231 g/mol. The average Bonchev–Trinajstić information content (AvgIpc) is 2.81. The minimum absolute atomic E-state index is 0.296. The highest BCUT2D eigenvalue weighted by molar-refractivity contribution is 7.10. The Morgan fingerprint density at radius 3 is 3.06 bits per heavy atom. The number of nitrogens with one attached hydrogen (secondary N) is 1. The molecule has 0 saturated carbocycles. The molecule has 0 bridgehead atoms. The molecule has 1 aliphatic rings. The van der Waals surface area contributed by atoms with E-state index in [9.17, 15) is 5.11 Å². The molecule has 0 fully saturated rings. The van der Waals surface area contributed by atoms with Gasteiger partial charge >= 0.3 is 0 Å². The third-order valence-electron chi connectivity index (χ3n) is 3.01. The first-order chi connectivity index (χ1) is 7.84. The molecule has 3 rings (SSSR count). The third-order valence-corrected chi connectivity index (χ3v) is 3.95. The van der Waals surface area contributed by atoms with Gasteiger partial charge in [0.15, 0.2) is 0 Å². The Hall–Kier alpha value is -1.32. The third kappa shape index (κ3) is 1.62. The number of thiophene rings is 1. The van der Waals surface area contributed by atoms with Crippen LogP contribution in [0, 0.1) is 0 Å². The lowest BCUT2D eigenvalue weighted by atomic mass is 9.93. The van der Waals surface area contributed by atoms with Crippen molar-refractivity contribution in [3.63, 3.8) is 0 Å². The summed E-state index contributed by atoms with van der Waals surface area (Å²) in [5.41, 5.74) is 2.56. The number of fused-ring (bicyclic) bond motifs is 1. The minimum atomic E-state index is 0.296. The fraction of sp³-hybridized carbons (Fsp3) is 0.231. The van der Waals surface area contributed by atoms with Crippen LogP contribution >= 0.6 is 11.3 Å². The van der Waals surface area contributed by atoms with Crippen LogP contribution in [0.3, 0.4) is 0 Å². The van der Waals surface area contributed by atoms with Crippen LogP contribution in [0.5, 0.6) is 5.75 Å². The van der Waals surface area contributed by atoms with E-state index in [2.05, 4.69) is 22.8 Å². The predicted molar refractivity (Wildman–Crippen MR) is 66.0 cm³/mol. The van der Waals surface area contributed by atoms with E-state index in [-0.39, 0.29) is 0 Å². The number of hydrogen-bond acceptors (Lipinski definition) is 3. The van der Waals surface area contributed by atoms with Gasteiger partial charge in [0.25, 0.3) is 0 Å². The standard InChI is InChI=1S/C13H13NOS/c15-10-3-4-11-9(8-10)5-6-14-13(11)12-2-1-7-16-12/h1-4,7-8,13-15H,5-6H2. The number of rotatable bonds is 1. The lowest BCUT2D eigenvalue weighted by Crippen LogP contribution is -2.29. The summed E-state index contributed by atoms with van der Waals surface area (Å²) < 4.78 is 0. The van der Waals surface area contributed by atoms with Crippen molar-refractivity contribution in [2.24, 2.45) is 0 Å². The van der Waals surface area contributed by atoms with Crippen molar-refractivity contribution in [1.29, 1.82) is 0 Å². The van der Waals surface area contributed by atoms with Gasteiger partial charge in [0.2, 0.25) is 0 Å². The molecule has 82 valence electrons. The smallest absolute Gasteiger partial charge is 0.115 e. The first kappa shape index (κ1) is 9.87. The second-order valence-corrected chi connectivity index (χ2v) is 5.01. The van der Waals surface area contributed by atoms with E-state index in [4.69, 9.17) is 0 Å². The summed E-state index contributed by atoms with van der Waals surface area (Å²) in [6.45, 7) is 0.971. The second kappa shape index (κ2) is 3.92. The maximum atomic E-state index is 9.49. The van der Waals surface area contributed by atoms with Crippen LogP contribution in [0.15, 0.2) is 35.7 Å². The molecule has 2 heterocycles. The molecule has 2 aromatic rings. The van der Waals surface area contributed by atoms with Crippen LogP contribution in [-0.2, 0) is 6.42 Å². The van der Waals surface area contributed by atoms with Gasteiger partial charge in [-0.15, -0.1) is 11.3 Å². The molecule has 1 unspecified atom stereocenters. The Kier molecular flexibility index (Phi) is 2.42. The monoisotopic (exact) mass is 231 g/mol. The van der Waals surface area contributed by atoms with Crippen molar-refractivity contribution >= 4 is 11.3 Å². The molecule has 2 N–H and O–H groups in total. The Morgan fingerprint density at radius 2 is 2.25 bits per heavy atom. The molecule has 1 aromatic heterocycles. The van der Waals surface area contributed by atoms with Crippen molar-refractivity contribution < 1.29 is 5.11 Å². The van der Waals surface area contributed by atoms with E-state index in [1.54, 1.807) is 17.4 Å². The molecule has 1 atom stereocenters. The largest absolute Gasteiger partial charge is 0.508 e. The molecule has 1 aromatic carbocycles. The SMILES string of the molecule is Oc1ccc2c(c1)CCNC2c1cccs1. The maximum absolute atomic E-state index is 9.49. The van der Waals surface area contributed by atoms with Gasteiger partial charge < -0.3 is 10.4 Å². The summed E-state index contributed by atoms with van der Waals surface area (Å²) in [5, 5.41) is 15.1. The van der Waals surface area contributed by atoms with Gasteiger partial charge in [0.1, 0.15) is 5.75 Å². The van der Waals surface area contributed by atoms with Crippen LogP contribution < -0.4 is 5.32 Å². The van der Waals surface area contributed by atoms with Gasteiger partial charge in [-0.1, -0.05) is 12.1 Å². The van der Waals surface area contributed by atoms with Crippen molar-refractivity contribution in [1.82, 2.24) is 5.32 Å². The zero-order chi connectivity index (χ0) is 11.0. The summed E-state index contributed by atoms with van der Waals surface area (Å²) in [7, 11) is 0. The van der Waals surface area contributed by atoms with E-state index >= 15 is 0 Å². The summed E-state index contributed by atoms with van der Waals surface area (Å²) in [6, 6.07) is 10.2. The Labute approximate surface area is 98.6 Å². The van der Waals surface area contributed by atoms with E-state index < -0.39 is 0 Å². The summed E-state index contributed by atoms with van der Waals surface area (Å²) in [4.78, 5) is 1.34. The molecule has 2 nitrogen and oxygen atoms in total. The Balaban J connectivity index is 2.06. The molecule has 0 spiro atoms. The van der Waals surface area contributed by atoms with Crippen LogP contribution in [0.25, 0.3) is 0 Å². The molecule has 0 aliphatic carbocycles. The topological polar surface area (TPSA) is 32.3 Å². The van der Waals surface area contributed by atoms with Crippen LogP contribution in [0.4, 0.5) is 0 Å². The highest BCUT2D eigenvalue weighted by Crippen LogP contribution is 2.32. The number of hydrogen-bond donors (Lipinski definition) is 2. The van der Waals surface area contributed by atoms with E-state index in [0.717, 1.165) is 13.0 Å². The summed E-state index contributed by atoms with van der Waals surface area (Å²) in [5.74, 6) is 0.366. The predicted octanol–water partition coefficient (Wildman–Crippen LogP) is 2.69. The number of phenols is 1. The molecule has 0 amide bonds. The van der Waals surface area contributed by atoms with Crippen molar-refractivity contribution in [3.8, 4) is 5.75 Å². The van der Waals surface area contributed by atoms with Crippen LogP contribution in [0.1, 0.15) is 22.0 Å². The highest BCUT2D eigenvalue weighted by atomic mass is 32.1. The molecular formula is C13H13NOS. The fourth-order valence-corrected chi connectivity index (χ4v) is 3.08. The molecule has 3 heteroatoms. The molecule has 0 saturated heterocycles. The Bertz CT molecular complexity index is 493.